The highest BCUT2D eigenvalue weighted by Crippen LogP contribution is 2.28. The summed E-state index contributed by atoms with van der Waals surface area (Å²) in [6.45, 7) is 5.12. The maximum absolute atomic E-state index is 13.5. The molecule has 0 fully saturated rings. The molecule has 0 saturated heterocycles. The Morgan fingerprint density at radius 2 is 1.08 bits per heavy atom. The molecule has 0 aliphatic rings. The molecular formula is C29H31NO8. The number of alkyl carbamates (subject to hydrolysis) is 1. The van der Waals surface area contributed by atoms with Crippen molar-refractivity contribution in [1.29, 1.82) is 0 Å². The van der Waals surface area contributed by atoms with Gasteiger partial charge in [-0.1, -0.05) is 30.3 Å². The first-order valence-corrected chi connectivity index (χ1v) is 11.9. The van der Waals surface area contributed by atoms with E-state index in [2.05, 4.69) is 5.32 Å². The quantitative estimate of drug-likeness (QED) is 0.235. The maximum Gasteiger partial charge on any atom is 0.408 e. The van der Waals surface area contributed by atoms with Crippen molar-refractivity contribution in [2.45, 2.75) is 32.4 Å². The predicted molar refractivity (Wildman–Crippen MR) is 139 cm³/mol. The first-order chi connectivity index (χ1) is 18.1. The van der Waals surface area contributed by atoms with E-state index in [4.69, 9.17) is 23.7 Å². The zero-order chi connectivity index (χ0) is 27.7. The van der Waals surface area contributed by atoms with E-state index in [-0.39, 0.29) is 11.5 Å². The van der Waals surface area contributed by atoms with Crippen LogP contribution in [0, 0.1) is 5.92 Å². The molecule has 0 heterocycles. The lowest BCUT2D eigenvalue weighted by Crippen LogP contribution is -2.45. The van der Waals surface area contributed by atoms with Crippen LogP contribution in [0.15, 0.2) is 78.9 Å². The van der Waals surface area contributed by atoms with Crippen molar-refractivity contribution in [2.75, 3.05) is 14.2 Å². The van der Waals surface area contributed by atoms with Crippen LogP contribution in [0.4, 0.5) is 4.79 Å². The zero-order valence-corrected chi connectivity index (χ0v) is 21.9. The Bertz CT molecular complexity index is 1160. The molecule has 0 aliphatic carbocycles. The van der Waals surface area contributed by atoms with E-state index in [1.165, 1.54) is 38.5 Å². The SMILES string of the molecule is COc1ccc(OC(=O)C(C(=O)Oc2ccc(OC)cc2)[C@@H](NC(=O)OC(C)(C)C)c2ccccc2)cc1. The summed E-state index contributed by atoms with van der Waals surface area (Å²) in [6.07, 6.45) is -0.814. The second-order valence-electron chi connectivity index (χ2n) is 9.21. The second-order valence-corrected chi connectivity index (χ2v) is 9.21. The summed E-state index contributed by atoms with van der Waals surface area (Å²) in [4.78, 5) is 39.8. The molecule has 0 aliphatic heterocycles. The molecule has 0 spiro atoms. The van der Waals surface area contributed by atoms with Crippen molar-refractivity contribution in [3.05, 3.63) is 84.4 Å². The third kappa shape index (κ3) is 7.99. The largest absolute Gasteiger partial charge is 0.497 e. The van der Waals surface area contributed by atoms with Gasteiger partial charge in [0.2, 0.25) is 0 Å². The molecule has 1 amide bonds. The number of carbonyl (C=O) groups excluding carboxylic acids is 3. The van der Waals surface area contributed by atoms with E-state index < -0.39 is 35.6 Å². The topological polar surface area (TPSA) is 109 Å². The number of hydrogen-bond donors (Lipinski definition) is 1. The average Bonchev–Trinajstić information content (AvgIpc) is 2.88. The normalized spacial score (nSPS) is 11.7. The van der Waals surface area contributed by atoms with Gasteiger partial charge in [0.05, 0.1) is 20.3 Å². The molecule has 0 unspecified atom stereocenters. The highest BCUT2D eigenvalue weighted by molar-refractivity contribution is 5.98. The molecule has 3 rings (SSSR count). The number of benzene rings is 3. The standard InChI is InChI=1S/C29H31NO8/c1-29(2,3)38-28(33)30-25(19-9-7-6-8-10-19)24(26(31)36-22-15-11-20(34-4)12-16-22)27(32)37-23-17-13-21(35-5)14-18-23/h6-18,24-25H,1-5H3,(H,30,33)/t25-/m0/s1. The molecule has 38 heavy (non-hydrogen) atoms. The van der Waals surface area contributed by atoms with Crippen molar-refractivity contribution >= 4 is 18.0 Å². The Hall–Kier alpha value is -4.53. The highest BCUT2D eigenvalue weighted by atomic mass is 16.6. The zero-order valence-electron chi connectivity index (χ0n) is 21.9. The fourth-order valence-electron chi connectivity index (χ4n) is 3.47. The summed E-state index contributed by atoms with van der Waals surface area (Å²) in [7, 11) is 3.03. The van der Waals surface area contributed by atoms with Gasteiger partial charge in [-0.25, -0.2) is 4.79 Å². The molecule has 9 heteroatoms. The molecule has 3 aromatic rings. The fourth-order valence-corrected chi connectivity index (χ4v) is 3.47. The van der Waals surface area contributed by atoms with Crippen molar-refractivity contribution in [2.24, 2.45) is 5.92 Å². The van der Waals surface area contributed by atoms with Gasteiger partial charge < -0.3 is 29.0 Å². The van der Waals surface area contributed by atoms with Gasteiger partial charge in [0.15, 0.2) is 5.92 Å². The first-order valence-electron chi connectivity index (χ1n) is 11.9. The number of ether oxygens (including phenoxy) is 5. The van der Waals surface area contributed by atoms with Crippen LogP contribution in [-0.2, 0) is 14.3 Å². The molecule has 3 aromatic carbocycles. The van der Waals surface area contributed by atoms with Crippen molar-refractivity contribution in [3.8, 4) is 23.0 Å². The Balaban J connectivity index is 1.98. The predicted octanol–water partition coefficient (Wildman–Crippen LogP) is 5.10. The first kappa shape index (κ1) is 28.0. The van der Waals surface area contributed by atoms with Crippen LogP contribution in [0.1, 0.15) is 32.4 Å². The number of nitrogens with one attached hydrogen (secondary N) is 1. The fraction of sp³-hybridized carbons (Fsp3) is 0.276. The smallest absolute Gasteiger partial charge is 0.408 e. The monoisotopic (exact) mass is 521 g/mol. The van der Waals surface area contributed by atoms with E-state index in [1.54, 1.807) is 75.4 Å². The van der Waals surface area contributed by atoms with Gasteiger partial charge in [-0.05, 0) is 74.9 Å². The van der Waals surface area contributed by atoms with Gasteiger partial charge >= 0.3 is 18.0 Å². The third-order valence-corrected chi connectivity index (χ3v) is 5.23. The van der Waals surface area contributed by atoms with E-state index in [1.807, 2.05) is 0 Å². The Morgan fingerprint density at radius 1 is 0.658 bits per heavy atom. The lowest BCUT2D eigenvalue weighted by atomic mass is 9.93. The summed E-state index contributed by atoms with van der Waals surface area (Å²) < 4.78 is 26.8. The van der Waals surface area contributed by atoms with E-state index in [0.29, 0.717) is 17.1 Å². The van der Waals surface area contributed by atoms with E-state index >= 15 is 0 Å². The molecular weight excluding hydrogens is 490 g/mol. The minimum atomic E-state index is -1.59. The molecule has 9 nitrogen and oxygen atoms in total. The number of rotatable bonds is 9. The summed E-state index contributed by atoms with van der Waals surface area (Å²) >= 11 is 0. The molecule has 0 radical (unpaired) electrons. The highest BCUT2D eigenvalue weighted by Gasteiger charge is 2.41. The lowest BCUT2D eigenvalue weighted by molar-refractivity contribution is -0.152. The molecule has 200 valence electrons. The maximum atomic E-state index is 13.5. The molecule has 1 atom stereocenters. The van der Waals surface area contributed by atoms with E-state index in [0.717, 1.165) is 0 Å². The van der Waals surface area contributed by atoms with Crippen LogP contribution in [0.25, 0.3) is 0 Å². The van der Waals surface area contributed by atoms with Crippen molar-refractivity contribution in [1.82, 2.24) is 5.32 Å². The molecule has 0 aromatic heterocycles. The van der Waals surface area contributed by atoms with Crippen molar-refractivity contribution < 1.29 is 38.1 Å². The van der Waals surface area contributed by atoms with Crippen LogP contribution < -0.4 is 24.3 Å². The Labute approximate surface area is 221 Å². The Morgan fingerprint density at radius 3 is 1.47 bits per heavy atom. The van der Waals surface area contributed by atoms with E-state index in [9.17, 15) is 14.4 Å². The van der Waals surface area contributed by atoms with Gasteiger partial charge in [0.25, 0.3) is 0 Å². The summed E-state index contributed by atoms with van der Waals surface area (Å²) in [5.74, 6) is -1.96. The van der Waals surface area contributed by atoms with Gasteiger partial charge in [-0.3, -0.25) is 9.59 Å². The second kappa shape index (κ2) is 12.6. The summed E-state index contributed by atoms with van der Waals surface area (Å²) in [6, 6.07) is 20.0. The van der Waals surface area contributed by atoms with Crippen LogP contribution in [0.3, 0.4) is 0 Å². The average molecular weight is 522 g/mol. The van der Waals surface area contributed by atoms with Crippen molar-refractivity contribution in [3.63, 3.8) is 0 Å². The number of esters is 2. The van der Waals surface area contributed by atoms with Gasteiger partial charge in [-0.2, -0.15) is 0 Å². The minimum Gasteiger partial charge on any atom is -0.497 e. The summed E-state index contributed by atoms with van der Waals surface area (Å²) in [5, 5.41) is 2.66. The van der Waals surface area contributed by atoms with Gasteiger partial charge in [0.1, 0.15) is 28.6 Å². The lowest BCUT2D eigenvalue weighted by Gasteiger charge is -2.27. The van der Waals surface area contributed by atoms with Crippen LogP contribution >= 0.6 is 0 Å². The van der Waals surface area contributed by atoms with Crippen LogP contribution in [0.2, 0.25) is 0 Å². The van der Waals surface area contributed by atoms with Crippen LogP contribution in [0.5, 0.6) is 23.0 Å². The number of amides is 1. The molecule has 0 saturated carbocycles. The molecule has 0 bridgehead atoms. The third-order valence-electron chi connectivity index (χ3n) is 5.23. The number of carbonyl (C=O) groups is 3. The Kier molecular flexibility index (Phi) is 9.32. The molecule has 1 N–H and O–H groups in total. The number of hydrogen-bond acceptors (Lipinski definition) is 8. The number of methoxy groups -OCH3 is 2. The minimum absolute atomic E-state index is 0.183. The summed E-state index contributed by atoms with van der Waals surface area (Å²) in [5.41, 5.74) is -0.338. The van der Waals surface area contributed by atoms with Crippen LogP contribution in [-0.4, -0.2) is 37.9 Å². The van der Waals surface area contributed by atoms with Gasteiger partial charge in [-0.15, -0.1) is 0 Å². The van der Waals surface area contributed by atoms with Gasteiger partial charge in [0, 0.05) is 0 Å².